The van der Waals surface area contributed by atoms with Crippen molar-refractivity contribution in [3.05, 3.63) is 35.9 Å². The van der Waals surface area contributed by atoms with Crippen LogP contribution >= 0.6 is 0 Å². The smallest absolute Gasteiger partial charge is 0.279 e. The van der Waals surface area contributed by atoms with E-state index in [1.54, 1.807) is 0 Å². The second-order valence-corrected chi connectivity index (χ2v) is 7.70. The number of hydrogen-bond donors (Lipinski definition) is 1. The zero-order valence-electron chi connectivity index (χ0n) is 13.5. The lowest BCUT2D eigenvalue weighted by Gasteiger charge is -2.34. The second kappa shape index (κ2) is 7.55. The predicted molar refractivity (Wildman–Crippen MR) is 88.0 cm³/mol. The zero-order valence-corrected chi connectivity index (χ0v) is 14.3. The maximum Gasteiger partial charge on any atom is 0.279 e. The van der Waals surface area contributed by atoms with Gasteiger partial charge in [-0.15, -0.1) is 0 Å². The fourth-order valence-corrected chi connectivity index (χ4v) is 4.25. The van der Waals surface area contributed by atoms with Crippen LogP contribution in [-0.4, -0.2) is 44.6 Å². The molecular weight excluding hydrogens is 300 g/mol. The average molecular weight is 326 g/mol. The number of morpholine rings is 1. The molecule has 0 unspecified atom stereocenters. The van der Waals surface area contributed by atoms with Gasteiger partial charge in [-0.1, -0.05) is 37.3 Å². The lowest BCUT2D eigenvalue weighted by atomic mass is 9.97. The Balaban J connectivity index is 1.99. The summed E-state index contributed by atoms with van der Waals surface area (Å²) in [4.78, 5) is 0. The second-order valence-electron chi connectivity index (χ2n) is 5.94. The van der Waals surface area contributed by atoms with E-state index in [-0.39, 0.29) is 18.1 Å². The fraction of sp³-hybridized carbons (Fsp3) is 0.625. The molecule has 0 bridgehead atoms. The molecule has 22 heavy (non-hydrogen) atoms. The van der Waals surface area contributed by atoms with E-state index in [0.29, 0.717) is 19.6 Å². The quantitative estimate of drug-likeness (QED) is 0.871. The maximum absolute atomic E-state index is 12.5. The molecule has 1 aromatic carbocycles. The maximum atomic E-state index is 12.5. The molecule has 124 valence electrons. The summed E-state index contributed by atoms with van der Waals surface area (Å²) in [5.41, 5.74) is 1.16. The SMILES string of the molecule is CC[C@H](CNS(=O)(=O)N1C[C@@H](C)O[C@@H](C)C1)c1ccccc1. The van der Waals surface area contributed by atoms with Gasteiger partial charge in [-0.2, -0.15) is 12.7 Å². The molecule has 0 spiro atoms. The molecule has 1 aliphatic rings. The van der Waals surface area contributed by atoms with Gasteiger partial charge < -0.3 is 4.74 Å². The van der Waals surface area contributed by atoms with Crippen LogP contribution in [0, 0.1) is 0 Å². The summed E-state index contributed by atoms with van der Waals surface area (Å²) in [7, 11) is -3.46. The number of benzene rings is 1. The number of nitrogens with zero attached hydrogens (tertiary/aromatic N) is 1. The molecule has 1 heterocycles. The minimum absolute atomic E-state index is 0.0728. The van der Waals surface area contributed by atoms with Crippen LogP contribution in [0.3, 0.4) is 0 Å². The van der Waals surface area contributed by atoms with Gasteiger partial charge >= 0.3 is 0 Å². The van der Waals surface area contributed by atoms with Crippen LogP contribution in [0.15, 0.2) is 30.3 Å². The molecule has 2 rings (SSSR count). The minimum Gasteiger partial charge on any atom is -0.373 e. The van der Waals surface area contributed by atoms with Gasteiger partial charge in [-0.3, -0.25) is 0 Å². The van der Waals surface area contributed by atoms with Crippen molar-refractivity contribution in [1.82, 2.24) is 9.03 Å². The van der Waals surface area contributed by atoms with Crippen molar-refractivity contribution in [2.45, 2.75) is 45.3 Å². The van der Waals surface area contributed by atoms with Gasteiger partial charge in [0.15, 0.2) is 0 Å². The Hall–Kier alpha value is -0.950. The molecule has 0 aliphatic carbocycles. The van der Waals surface area contributed by atoms with Crippen LogP contribution < -0.4 is 4.72 Å². The first-order valence-corrected chi connectivity index (χ1v) is 9.31. The van der Waals surface area contributed by atoms with Crippen LogP contribution in [-0.2, 0) is 14.9 Å². The van der Waals surface area contributed by atoms with Crippen molar-refractivity contribution >= 4 is 10.2 Å². The topological polar surface area (TPSA) is 58.6 Å². The van der Waals surface area contributed by atoms with Crippen LogP contribution in [0.2, 0.25) is 0 Å². The van der Waals surface area contributed by atoms with Gasteiger partial charge in [-0.25, -0.2) is 4.72 Å². The molecule has 0 saturated carbocycles. The van der Waals surface area contributed by atoms with Crippen LogP contribution in [0.4, 0.5) is 0 Å². The Morgan fingerprint density at radius 3 is 2.36 bits per heavy atom. The summed E-state index contributed by atoms with van der Waals surface area (Å²) in [5.74, 6) is 0.187. The lowest BCUT2D eigenvalue weighted by molar-refractivity contribution is -0.0443. The first-order chi connectivity index (χ1) is 10.4. The van der Waals surface area contributed by atoms with Crippen molar-refractivity contribution in [2.24, 2.45) is 0 Å². The van der Waals surface area contributed by atoms with Gasteiger partial charge in [0.05, 0.1) is 12.2 Å². The van der Waals surface area contributed by atoms with Crippen LogP contribution in [0.5, 0.6) is 0 Å². The highest BCUT2D eigenvalue weighted by atomic mass is 32.2. The molecular formula is C16H26N2O3S. The Labute approximate surface area is 133 Å². The van der Waals surface area contributed by atoms with Gasteiger partial charge in [0, 0.05) is 19.6 Å². The first kappa shape index (κ1) is 17.4. The highest BCUT2D eigenvalue weighted by Crippen LogP contribution is 2.19. The predicted octanol–water partition coefficient (Wildman–Crippen LogP) is 2.12. The summed E-state index contributed by atoms with van der Waals surface area (Å²) in [6.07, 6.45) is 0.746. The summed E-state index contributed by atoms with van der Waals surface area (Å²) < 4.78 is 34.8. The van der Waals surface area contributed by atoms with Gasteiger partial charge in [0.2, 0.25) is 0 Å². The number of rotatable bonds is 6. The normalized spacial score (nSPS) is 25.0. The molecule has 6 heteroatoms. The van der Waals surface area contributed by atoms with E-state index in [2.05, 4.69) is 11.6 Å². The molecule has 1 fully saturated rings. The first-order valence-electron chi connectivity index (χ1n) is 7.87. The Bertz CT molecular complexity index is 552. The molecule has 0 aromatic heterocycles. The monoisotopic (exact) mass is 326 g/mol. The van der Waals surface area contributed by atoms with E-state index < -0.39 is 10.2 Å². The number of nitrogens with one attached hydrogen (secondary N) is 1. The van der Waals surface area contributed by atoms with Crippen molar-refractivity contribution in [2.75, 3.05) is 19.6 Å². The molecule has 0 amide bonds. The van der Waals surface area contributed by atoms with E-state index in [9.17, 15) is 8.42 Å². The van der Waals surface area contributed by atoms with Gasteiger partial charge in [0.1, 0.15) is 0 Å². The highest BCUT2D eigenvalue weighted by Gasteiger charge is 2.31. The molecule has 5 nitrogen and oxygen atoms in total. The summed E-state index contributed by atoms with van der Waals surface area (Å²) in [6, 6.07) is 10.0. The van der Waals surface area contributed by atoms with E-state index in [1.807, 2.05) is 44.2 Å². The van der Waals surface area contributed by atoms with Crippen molar-refractivity contribution < 1.29 is 13.2 Å². The molecule has 1 aromatic rings. The summed E-state index contributed by atoms with van der Waals surface area (Å²) >= 11 is 0. The van der Waals surface area contributed by atoms with E-state index in [1.165, 1.54) is 4.31 Å². The highest BCUT2D eigenvalue weighted by molar-refractivity contribution is 7.87. The van der Waals surface area contributed by atoms with Crippen LogP contribution in [0.1, 0.15) is 38.7 Å². The fourth-order valence-electron chi connectivity index (χ4n) is 2.85. The van der Waals surface area contributed by atoms with E-state index in [4.69, 9.17) is 4.74 Å². The molecule has 3 atom stereocenters. The molecule has 1 aliphatic heterocycles. The largest absolute Gasteiger partial charge is 0.373 e. The Morgan fingerprint density at radius 1 is 1.23 bits per heavy atom. The summed E-state index contributed by atoms with van der Waals surface area (Å²) in [5, 5.41) is 0. The zero-order chi connectivity index (χ0) is 16.2. The van der Waals surface area contributed by atoms with Crippen molar-refractivity contribution in [1.29, 1.82) is 0 Å². The van der Waals surface area contributed by atoms with Gasteiger partial charge in [-0.05, 0) is 31.7 Å². The molecule has 0 radical (unpaired) electrons. The number of ether oxygens (including phenoxy) is 1. The average Bonchev–Trinajstić information content (AvgIpc) is 2.48. The minimum atomic E-state index is -3.46. The third-order valence-electron chi connectivity index (χ3n) is 4.00. The van der Waals surface area contributed by atoms with Crippen LogP contribution in [0.25, 0.3) is 0 Å². The van der Waals surface area contributed by atoms with Crippen molar-refractivity contribution in [3.63, 3.8) is 0 Å². The molecule has 1 saturated heterocycles. The van der Waals surface area contributed by atoms with E-state index in [0.717, 1.165) is 12.0 Å². The standard InChI is InChI=1S/C16H26N2O3S/c1-4-15(16-8-6-5-7-9-16)10-17-22(19,20)18-11-13(2)21-14(3)12-18/h5-9,13-15,17H,4,10-12H2,1-3H3/t13-,14+,15-/m1/s1. The van der Waals surface area contributed by atoms with Crippen molar-refractivity contribution in [3.8, 4) is 0 Å². The Kier molecular flexibility index (Phi) is 5.97. The lowest BCUT2D eigenvalue weighted by Crippen LogP contribution is -2.52. The Morgan fingerprint density at radius 2 is 1.82 bits per heavy atom. The number of hydrogen-bond acceptors (Lipinski definition) is 3. The third-order valence-corrected chi connectivity index (χ3v) is 5.51. The summed E-state index contributed by atoms with van der Waals surface area (Å²) in [6.45, 7) is 7.10. The third kappa shape index (κ3) is 4.52. The van der Waals surface area contributed by atoms with Gasteiger partial charge in [0.25, 0.3) is 10.2 Å². The molecule has 1 N–H and O–H groups in total. The van der Waals surface area contributed by atoms with E-state index >= 15 is 0 Å².